The first-order valence-corrected chi connectivity index (χ1v) is 11.5. The van der Waals surface area contributed by atoms with Gasteiger partial charge in [-0.25, -0.2) is 9.50 Å². The van der Waals surface area contributed by atoms with E-state index in [1.54, 1.807) is 24.7 Å². The first-order chi connectivity index (χ1) is 18.1. The van der Waals surface area contributed by atoms with E-state index in [9.17, 15) is 22.4 Å². The zero-order chi connectivity index (χ0) is 27.0. The predicted molar refractivity (Wildman–Crippen MR) is 133 cm³/mol. The van der Waals surface area contributed by atoms with Crippen LogP contribution in [0.1, 0.15) is 21.5 Å². The largest absolute Gasteiger partial charge is 0.461 e. The Morgan fingerprint density at radius 1 is 1.03 bits per heavy atom. The maximum atomic E-state index is 13.3. The summed E-state index contributed by atoms with van der Waals surface area (Å²) in [6, 6.07) is 14.0. The third-order valence-corrected chi connectivity index (χ3v) is 5.94. The molecule has 1 amide bonds. The quantitative estimate of drug-likeness (QED) is 0.255. The number of aryl methyl sites for hydroxylation is 2. The molecule has 3 heterocycles. The molecule has 5 rings (SSSR count). The SMILES string of the molecule is Cc1cc(C)c(-n2ccc3ncc(-c4cccnc4)n32)cc1NC(=O)c1cccc(OC(F)(F)C(F)F)c1. The van der Waals surface area contributed by atoms with E-state index < -0.39 is 24.2 Å². The van der Waals surface area contributed by atoms with Crippen LogP contribution in [0, 0.1) is 13.8 Å². The van der Waals surface area contributed by atoms with Gasteiger partial charge in [-0.05, 0) is 61.4 Å². The number of imidazole rings is 1. The summed E-state index contributed by atoms with van der Waals surface area (Å²) < 4.78 is 59.6. The fourth-order valence-corrected chi connectivity index (χ4v) is 4.12. The van der Waals surface area contributed by atoms with Gasteiger partial charge in [0.1, 0.15) is 5.75 Å². The van der Waals surface area contributed by atoms with E-state index in [1.807, 2.05) is 53.5 Å². The molecule has 0 aliphatic carbocycles. The van der Waals surface area contributed by atoms with Crippen LogP contribution in [0.3, 0.4) is 0 Å². The molecule has 3 aromatic heterocycles. The number of carbonyl (C=O) groups is 1. The number of hydrogen-bond donors (Lipinski definition) is 1. The molecule has 0 bridgehead atoms. The second kappa shape index (κ2) is 9.66. The van der Waals surface area contributed by atoms with E-state index in [2.05, 4.69) is 20.0 Å². The highest BCUT2D eigenvalue weighted by Gasteiger charge is 2.44. The van der Waals surface area contributed by atoms with Gasteiger partial charge >= 0.3 is 12.5 Å². The fourth-order valence-electron chi connectivity index (χ4n) is 4.12. The molecular formula is C27H21F4N5O2. The van der Waals surface area contributed by atoms with Gasteiger partial charge < -0.3 is 10.1 Å². The van der Waals surface area contributed by atoms with Gasteiger partial charge in [-0.15, -0.1) is 0 Å². The van der Waals surface area contributed by atoms with Gasteiger partial charge in [-0.1, -0.05) is 12.1 Å². The Kier molecular flexibility index (Phi) is 6.35. The molecule has 0 atom stereocenters. The zero-order valence-electron chi connectivity index (χ0n) is 20.2. The van der Waals surface area contributed by atoms with Crippen molar-refractivity contribution in [3.05, 3.63) is 96.1 Å². The predicted octanol–water partition coefficient (Wildman–Crippen LogP) is 6.29. The van der Waals surface area contributed by atoms with Crippen LogP contribution in [0.2, 0.25) is 0 Å². The van der Waals surface area contributed by atoms with Gasteiger partial charge in [0.25, 0.3) is 5.91 Å². The average Bonchev–Trinajstić information content (AvgIpc) is 3.49. The minimum atomic E-state index is -4.68. The monoisotopic (exact) mass is 523 g/mol. The van der Waals surface area contributed by atoms with Crippen molar-refractivity contribution in [3.63, 3.8) is 0 Å². The van der Waals surface area contributed by atoms with Crippen molar-refractivity contribution in [2.45, 2.75) is 26.4 Å². The number of rotatable bonds is 7. The molecule has 0 aliphatic rings. The van der Waals surface area contributed by atoms with Crippen molar-refractivity contribution < 1.29 is 27.1 Å². The van der Waals surface area contributed by atoms with Crippen LogP contribution in [0.5, 0.6) is 5.75 Å². The molecule has 11 heteroatoms. The number of carbonyl (C=O) groups excluding carboxylic acids is 1. The Bertz CT molecular complexity index is 1630. The smallest absolute Gasteiger partial charge is 0.428 e. The first-order valence-electron chi connectivity index (χ1n) is 11.5. The molecule has 0 saturated heterocycles. The average molecular weight is 523 g/mol. The number of benzene rings is 2. The van der Waals surface area contributed by atoms with Gasteiger partial charge in [0.15, 0.2) is 5.65 Å². The van der Waals surface area contributed by atoms with Gasteiger partial charge in [0, 0.05) is 41.5 Å². The van der Waals surface area contributed by atoms with Crippen molar-refractivity contribution >= 4 is 17.2 Å². The lowest BCUT2D eigenvalue weighted by Crippen LogP contribution is -2.33. The Hall–Kier alpha value is -4.67. The molecular weight excluding hydrogens is 502 g/mol. The number of hydrogen-bond acceptors (Lipinski definition) is 4. The number of alkyl halides is 4. The molecule has 0 unspecified atom stereocenters. The molecule has 0 radical (unpaired) electrons. The lowest BCUT2D eigenvalue weighted by Gasteiger charge is -2.18. The summed E-state index contributed by atoms with van der Waals surface area (Å²) in [5.41, 5.74) is 5.30. The van der Waals surface area contributed by atoms with Crippen LogP contribution in [0.15, 0.2) is 79.4 Å². The van der Waals surface area contributed by atoms with Crippen LogP contribution in [-0.2, 0) is 0 Å². The lowest BCUT2D eigenvalue weighted by molar-refractivity contribution is -0.253. The van der Waals surface area contributed by atoms with E-state index >= 15 is 0 Å². The molecule has 194 valence electrons. The Labute approximate surface area is 214 Å². The van der Waals surface area contributed by atoms with Crippen molar-refractivity contribution in [2.24, 2.45) is 0 Å². The summed E-state index contributed by atoms with van der Waals surface area (Å²) >= 11 is 0. The third kappa shape index (κ3) is 4.70. The van der Waals surface area contributed by atoms with E-state index in [-0.39, 0.29) is 5.56 Å². The lowest BCUT2D eigenvalue weighted by atomic mass is 10.1. The molecule has 1 N–H and O–H groups in total. The molecule has 2 aromatic carbocycles. The zero-order valence-corrected chi connectivity index (χ0v) is 20.2. The van der Waals surface area contributed by atoms with Crippen molar-refractivity contribution in [1.82, 2.24) is 19.2 Å². The minimum absolute atomic E-state index is 0.0362. The summed E-state index contributed by atoms with van der Waals surface area (Å²) in [5, 5.41) is 2.78. The van der Waals surface area contributed by atoms with Gasteiger partial charge in [0.2, 0.25) is 0 Å². The van der Waals surface area contributed by atoms with Crippen LogP contribution >= 0.6 is 0 Å². The summed E-state index contributed by atoms with van der Waals surface area (Å²) in [6.07, 6.45) is -1.66. The van der Waals surface area contributed by atoms with Crippen molar-refractivity contribution in [2.75, 3.05) is 5.32 Å². The van der Waals surface area contributed by atoms with Crippen molar-refractivity contribution in [3.8, 4) is 22.7 Å². The fraction of sp³-hybridized carbons (Fsp3) is 0.148. The molecule has 0 saturated carbocycles. The van der Waals surface area contributed by atoms with Gasteiger partial charge in [-0.2, -0.15) is 17.6 Å². The summed E-state index contributed by atoms with van der Waals surface area (Å²) in [6.45, 7) is 3.75. The number of anilines is 1. The number of fused-ring (bicyclic) bond motifs is 1. The molecule has 7 nitrogen and oxygen atoms in total. The number of aromatic nitrogens is 4. The summed E-state index contributed by atoms with van der Waals surface area (Å²) in [5.74, 6) is -1.17. The standard InChI is InChI=1S/C27H21F4N5O2/c1-16-11-17(2)22(35-10-8-24-33-15-23(36(24)35)19-6-4-9-32-14-19)13-21(16)34-25(37)18-5-3-7-20(12-18)38-27(30,31)26(28)29/h3-15,26H,1-2H3,(H,34,37). The molecule has 38 heavy (non-hydrogen) atoms. The number of pyridine rings is 1. The second-order valence-corrected chi connectivity index (χ2v) is 8.62. The van der Waals surface area contributed by atoms with Crippen LogP contribution in [0.4, 0.5) is 23.2 Å². The number of nitrogens with zero attached hydrogens (tertiary/aromatic N) is 4. The van der Waals surface area contributed by atoms with Crippen LogP contribution in [-0.4, -0.2) is 37.6 Å². The maximum Gasteiger partial charge on any atom is 0.461 e. The Morgan fingerprint density at radius 2 is 1.84 bits per heavy atom. The second-order valence-electron chi connectivity index (χ2n) is 8.62. The highest BCUT2D eigenvalue weighted by molar-refractivity contribution is 6.05. The number of halogens is 4. The molecule has 0 spiro atoms. The number of nitrogens with one attached hydrogen (secondary N) is 1. The van der Waals surface area contributed by atoms with E-state index in [0.717, 1.165) is 40.2 Å². The van der Waals surface area contributed by atoms with Crippen LogP contribution < -0.4 is 10.1 Å². The number of amides is 1. The highest BCUT2D eigenvalue weighted by Crippen LogP contribution is 2.30. The molecule has 5 aromatic rings. The minimum Gasteiger partial charge on any atom is -0.428 e. The summed E-state index contributed by atoms with van der Waals surface area (Å²) in [7, 11) is 0. The van der Waals surface area contributed by atoms with E-state index in [4.69, 9.17) is 0 Å². The molecule has 0 fully saturated rings. The normalized spacial score (nSPS) is 11.8. The van der Waals surface area contributed by atoms with Gasteiger partial charge in [0.05, 0.1) is 17.6 Å². The van der Waals surface area contributed by atoms with E-state index in [1.165, 1.54) is 12.1 Å². The maximum absolute atomic E-state index is 13.3. The summed E-state index contributed by atoms with van der Waals surface area (Å²) in [4.78, 5) is 21.6. The molecule has 0 aliphatic heterocycles. The van der Waals surface area contributed by atoms with Gasteiger partial charge in [-0.3, -0.25) is 14.5 Å². The first kappa shape index (κ1) is 25.0. The Morgan fingerprint density at radius 3 is 2.58 bits per heavy atom. The van der Waals surface area contributed by atoms with Crippen LogP contribution in [0.25, 0.3) is 22.6 Å². The number of ether oxygens (including phenoxy) is 1. The third-order valence-electron chi connectivity index (χ3n) is 5.94. The van der Waals surface area contributed by atoms with Crippen molar-refractivity contribution in [1.29, 1.82) is 0 Å². The highest BCUT2D eigenvalue weighted by atomic mass is 19.3. The topological polar surface area (TPSA) is 73.5 Å². The Balaban J connectivity index is 1.48. The van der Waals surface area contributed by atoms with E-state index in [0.29, 0.717) is 11.3 Å².